The minimum Gasteiger partial charge on any atom is -0.420 e. The summed E-state index contributed by atoms with van der Waals surface area (Å²) >= 11 is 0. The van der Waals surface area contributed by atoms with Gasteiger partial charge in [-0.15, -0.1) is 0 Å². The number of rotatable bonds is 3. The summed E-state index contributed by atoms with van der Waals surface area (Å²) in [6.07, 6.45) is 2.12. The van der Waals surface area contributed by atoms with Crippen LogP contribution in [0.4, 0.5) is 5.82 Å². The van der Waals surface area contributed by atoms with Crippen molar-refractivity contribution in [1.82, 2.24) is 19.7 Å². The molecule has 0 fully saturated rings. The monoisotopic (exact) mass is 233 g/mol. The highest BCUT2D eigenvalue weighted by atomic mass is 16.5. The minimum atomic E-state index is 0.455. The molecule has 0 aliphatic rings. The standard InChI is InChI=1S/C11H15N5O/c1-4-8-10(12)13-6-14-11(8)17-9-5-7(2)15-16(9)3/h5-6H,4H2,1-3H3,(H2,12,13,14). The lowest BCUT2D eigenvalue weighted by Crippen LogP contribution is -2.03. The van der Waals surface area contributed by atoms with Crippen molar-refractivity contribution in [2.24, 2.45) is 7.05 Å². The summed E-state index contributed by atoms with van der Waals surface area (Å²) in [7, 11) is 1.82. The fourth-order valence-electron chi connectivity index (χ4n) is 1.61. The van der Waals surface area contributed by atoms with Crippen molar-refractivity contribution in [2.75, 3.05) is 5.73 Å². The van der Waals surface area contributed by atoms with Crippen LogP contribution in [0.15, 0.2) is 12.4 Å². The van der Waals surface area contributed by atoms with Crippen LogP contribution in [0.25, 0.3) is 0 Å². The highest BCUT2D eigenvalue weighted by Crippen LogP contribution is 2.25. The highest BCUT2D eigenvalue weighted by Gasteiger charge is 2.12. The van der Waals surface area contributed by atoms with E-state index in [1.807, 2.05) is 27.0 Å². The van der Waals surface area contributed by atoms with E-state index in [-0.39, 0.29) is 0 Å². The first-order chi connectivity index (χ1) is 8.11. The number of aromatic nitrogens is 4. The number of ether oxygens (including phenoxy) is 1. The number of nitrogens with two attached hydrogens (primary N) is 1. The van der Waals surface area contributed by atoms with Crippen LogP contribution in [-0.4, -0.2) is 19.7 Å². The van der Waals surface area contributed by atoms with Gasteiger partial charge in [0.25, 0.3) is 0 Å². The summed E-state index contributed by atoms with van der Waals surface area (Å²) in [6, 6.07) is 1.84. The molecule has 0 spiro atoms. The molecule has 0 unspecified atom stereocenters. The lowest BCUT2D eigenvalue weighted by molar-refractivity contribution is 0.410. The molecule has 2 aromatic rings. The third-order valence-electron chi connectivity index (χ3n) is 2.45. The number of nitrogen functional groups attached to an aromatic ring is 1. The van der Waals surface area contributed by atoms with Crippen LogP contribution in [0.2, 0.25) is 0 Å². The van der Waals surface area contributed by atoms with Crippen LogP contribution in [0.3, 0.4) is 0 Å². The Balaban J connectivity index is 2.36. The summed E-state index contributed by atoms with van der Waals surface area (Å²) in [4.78, 5) is 8.05. The molecule has 17 heavy (non-hydrogen) atoms. The second kappa shape index (κ2) is 4.40. The van der Waals surface area contributed by atoms with Crippen LogP contribution < -0.4 is 10.5 Å². The molecule has 90 valence electrons. The van der Waals surface area contributed by atoms with E-state index in [2.05, 4.69) is 15.1 Å². The lowest BCUT2D eigenvalue weighted by Gasteiger charge is -2.09. The molecule has 0 aliphatic carbocycles. The molecule has 2 aromatic heterocycles. The summed E-state index contributed by atoms with van der Waals surface area (Å²) in [5, 5.41) is 4.20. The molecular formula is C11H15N5O. The van der Waals surface area contributed by atoms with Crippen molar-refractivity contribution in [3.05, 3.63) is 23.7 Å². The molecule has 0 saturated heterocycles. The number of aryl methyl sites for hydroxylation is 2. The molecule has 0 aromatic carbocycles. The van der Waals surface area contributed by atoms with Crippen molar-refractivity contribution in [2.45, 2.75) is 20.3 Å². The Hall–Kier alpha value is -2.11. The largest absolute Gasteiger partial charge is 0.420 e. The molecule has 6 heteroatoms. The third kappa shape index (κ3) is 2.20. The van der Waals surface area contributed by atoms with Crippen LogP contribution in [0.1, 0.15) is 18.2 Å². The van der Waals surface area contributed by atoms with Gasteiger partial charge in [-0.3, -0.25) is 0 Å². The van der Waals surface area contributed by atoms with E-state index in [9.17, 15) is 0 Å². The topological polar surface area (TPSA) is 78.8 Å². The minimum absolute atomic E-state index is 0.455. The first-order valence-electron chi connectivity index (χ1n) is 5.39. The van der Waals surface area contributed by atoms with Crippen molar-refractivity contribution < 1.29 is 4.74 Å². The fraction of sp³-hybridized carbons (Fsp3) is 0.364. The smallest absolute Gasteiger partial charge is 0.229 e. The van der Waals surface area contributed by atoms with Gasteiger partial charge in [-0.2, -0.15) is 5.10 Å². The van der Waals surface area contributed by atoms with Crippen molar-refractivity contribution >= 4 is 5.82 Å². The van der Waals surface area contributed by atoms with Gasteiger partial charge in [-0.1, -0.05) is 6.92 Å². The van der Waals surface area contributed by atoms with E-state index in [1.54, 1.807) is 4.68 Å². The van der Waals surface area contributed by atoms with E-state index in [0.717, 1.165) is 17.7 Å². The summed E-state index contributed by atoms with van der Waals surface area (Å²) < 4.78 is 7.36. The van der Waals surface area contributed by atoms with E-state index in [4.69, 9.17) is 10.5 Å². The average Bonchev–Trinajstić information content (AvgIpc) is 2.58. The van der Waals surface area contributed by atoms with E-state index < -0.39 is 0 Å². The SMILES string of the molecule is CCc1c(N)ncnc1Oc1cc(C)nn1C. The maximum atomic E-state index is 5.78. The van der Waals surface area contributed by atoms with E-state index in [0.29, 0.717) is 17.6 Å². The lowest BCUT2D eigenvalue weighted by atomic mass is 10.2. The molecular weight excluding hydrogens is 218 g/mol. The second-order valence-electron chi connectivity index (χ2n) is 3.75. The van der Waals surface area contributed by atoms with Gasteiger partial charge in [0, 0.05) is 13.1 Å². The summed E-state index contributed by atoms with van der Waals surface area (Å²) in [5.41, 5.74) is 7.48. The quantitative estimate of drug-likeness (QED) is 0.868. The van der Waals surface area contributed by atoms with Crippen molar-refractivity contribution in [3.8, 4) is 11.8 Å². The van der Waals surface area contributed by atoms with Gasteiger partial charge >= 0.3 is 0 Å². The molecule has 0 radical (unpaired) electrons. The molecule has 2 rings (SSSR count). The molecule has 6 nitrogen and oxygen atoms in total. The molecule has 0 amide bonds. The maximum absolute atomic E-state index is 5.78. The van der Waals surface area contributed by atoms with Gasteiger partial charge in [0.1, 0.15) is 12.1 Å². The molecule has 0 saturated carbocycles. The normalized spacial score (nSPS) is 10.5. The highest BCUT2D eigenvalue weighted by molar-refractivity contribution is 5.45. The predicted molar refractivity (Wildman–Crippen MR) is 63.8 cm³/mol. The molecule has 0 atom stereocenters. The summed E-state index contributed by atoms with van der Waals surface area (Å²) in [5.74, 6) is 1.58. The van der Waals surface area contributed by atoms with Crippen LogP contribution in [0.5, 0.6) is 11.8 Å². The third-order valence-corrected chi connectivity index (χ3v) is 2.45. The first-order valence-corrected chi connectivity index (χ1v) is 5.39. The fourth-order valence-corrected chi connectivity index (χ4v) is 1.61. The summed E-state index contributed by atoms with van der Waals surface area (Å²) in [6.45, 7) is 3.89. The molecule has 0 aliphatic heterocycles. The van der Waals surface area contributed by atoms with Gasteiger partial charge in [-0.25, -0.2) is 14.6 Å². The van der Waals surface area contributed by atoms with Crippen LogP contribution >= 0.6 is 0 Å². The molecule has 0 bridgehead atoms. The van der Waals surface area contributed by atoms with Crippen LogP contribution in [-0.2, 0) is 13.5 Å². The molecule has 2 heterocycles. The van der Waals surface area contributed by atoms with Gasteiger partial charge < -0.3 is 10.5 Å². The first kappa shape index (κ1) is 11.4. The predicted octanol–water partition coefficient (Wildman–Crippen LogP) is 1.46. The van der Waals surface area contributed by atoms with Gasteiger partial charge in [0.2, 0.25) is 11.8 Å². The molecule has 2 N–H and O–H groups in total. The zero-order chi connectivity index (χ0) is 12.4. The van der Waals surface area contributed by atoms with E-state index in [1.165, 1.54) is 6.33 Å². The Bertz CT molecular complexity index is 535. The Labute approximate surface area is 99.4 Å². The van der Waals surface area contributed by atoms with Gasteiger partial charge in [-0.05, 0) is 13.3 Å². The number of hydrogen-bond donors (Lipinski definition) is 1. The second-order valence-corrected chi connectivity index (χ2v) is 3.75. The Morgan fingerprint density at radius 3 is 2.76 bits per heavy atom. The van der Waals surface area contributed by atoms with Crippen LogP contribution in [0, 0.1) is 6.92 Å². The van der Waals surface area contributed by atoms with E-state index >= 15 is 0 Å². The number of anilines is 1. The number of nitrogens with zero attached hydrogens (tertiary/aromatic N) is 4. The zero-order valence-corrected chi connectivity index (χ0v) is 10.1. The number of hydrogen-bond acceptors (Lipinski definition) is 5. The maximum Gasteiger partial charge on any atom is 0.229 e. The van der Waals surface area contributed by atoms with Gasteiger partial charge in [0.15, 0.2) is 0 Å². The Morgan fingerprint density at radius 1 is 1.41 bits per heavy atom. The van der Waals surface area contributed by atoms with Gasteiger partial charge in [0.05, 0.1) is 11.3 Å². The Morgan fingerprint density at radius 2 is 2.18 bits per heavy atom. The Kier molecular flexibility index (Phi) is 2.95. The van der Waals surface area contributed by atoms with Crippen molar-refractivity contribution in [1.29, 1.82) is 0 Å². The zero-order valence-electron chi connectivity index (χ0n) is 10.1. The van der Waals surface area contributed by atoms with Crippen molar-refractivity contribution in [3.63, 3.8) is 0 Å². The average molecular weight is 233 g/mol.